The summed E-state index contributed by atoms with van der Waals surface area (Å²) in [5.41, 5.74) is 2.20. The second-order valence-corrected chi connectivity index (χ2v) is 5.37. The summed E-state index contributed by atoms with van der Waals surface area (Å²) >= 11 is 1.47. The van der Waals surface area contributed by atoms with Crippen molar-refractivity contribution >= 4 is 11.5 Å². The van der Waals surface area contributed by atoms with E-state index in [2.05, 4.69) is 44.6 Å². The quantitative estimate of drug-likeness (QED) is 0.846. The summed E-state index contributed by atoms with van der Waals surface area (Å²) in [6, 6.07) is 2.23. The average Bonchev–Trinajstić information content (AvgIpc) is 3.01. The molecule has 104 valence electrons. The maximum atomic E-state index is 4.41. The number of nitrogens with zero attached hydrogens (tertiary/aromatic N) is 4. The van der Waals surface area contributed by atoms with Gasteiger partial charge in [-0.25, -0.2) is 0 Å². The molecular formula is C13H21N5S. The van der Waals surface area contributed by atoms with Crippen LogP contribution in [-0.4, -0.2) is 25.9 Å². The zero-order chi connectivity index (χ0) is 13.7. The van der Waals surface area contributed by atoms with Gasteiger partial charge in [0.2, 0.25) is 0 Å². The van der Waals surface area contributed by atoms with E-state index in [-0.39, 0.29) is 6.04 Å². The SMILES string of the molecule is CCCNC(c1snnc1C)c1ccnn1CCC. The van der Waals surface area contributed by atoms with Gasteiger partial charge in [-0.3, -0.25) is 4.68 Å². The van der Waals surface area contributed by atoms with Crippen molar-refractivity contribution in [3.8, 4) is 0 Å². The summed E-state index contributed by atoms with van der Waals surface area (Å²) in [4.78, 5) is 1.19. The highest BCUT2D eigenvalue weighted by atomic mass is 32.1. The lowest BCUT2D eigenvalue weighted by atomic mass is 10.1. The first-order valence-corrected chi connectivity index (χ1v) is 7.59. The number of rotatable bonds is 7. The molecule has 1 N–H and O–H groups in total. The zero-order valence-electron chi connectivity index (χ0n) is 11.8. The smallest absolute Gasteiger partial charge is 0.0877 e. The molecule has 0 spiro atoms. The van der Waals surface area contributed by atoms with E-state index >= 15 is 0 Å². The number of hydrogen-bond donors (Lipinski definition) is 1. The van der Waals surface area contributed by atoms with Crippen LogP contribution in [0.3, 0.4) is 0 Å². The summed E-state index contributed by atoms with van der Waals surface area (Å²) < 4.78 is 6.13. The van der Waals surface area contributed by atoms with Gasteiger partial charge in [0.15, 0.2) is 0 Å². The lowest BCUT2D eigenvalue weighted by molar-refractivity contribution is 0.514. The normalized spacial score (nSPS) is 12.8. The Bertz CT molecular complexity index is 505. The first-order chi connectivity index (χ1) is 9.27. The van der Waals surface area contributed by atoms with E-state index in [1.807, 2.05) is 13.1 Å². The second kappa shape index (κ2) is 6.77. The minimum Gasteiger partial charge on any atom is -0.304 e. The van der Waals surface area contributed by atoms with Gasteiger partial charge < -0.3 is 5.32 Å². The monoisotopic (exact) mass is 279 g/mol. The molecule has 2 aromatic heterocycles. The van der Waals surface area contributed by atoms with Gasteiger partial charge in [0.05, 0.1) is 22.3 Å². The maximum absolute atomic E-state index is 4.41. The van der Waals surface area contributed by atoms with E-state index in [9.17, 15) is 0 Å². The third-order valence-electron chi connectivity index (χ3n) is 3.03. The van der Waals surface area contributed by atoms with Gasteiger partial charge in [-0.15, -0.1) is 5.10 Å². The standard InChI is InChI=1S/C13H21N5S/c1-4-7-14-12(13-10(3)16-17-19-13)11-6-8-15-18(11)9-5-2/h6,8,12,14H,4-5,7,9H2,1-3H3. The maximum Gasteiger partial charge on any atom is 0.0877 e. The minimum absolute atomic E-state index is 0.147. The molecule has 0 saturated heterocycles. The molecule has 0 fully saturated rings. The molecule has 19 heavy (non-hydrogen) atoms. The van der Waals surface area contributed by atoms with Crippen LogP contribution in [0.1, 0.15) is 49.0 Å². The molecule has 0 radical (unpaired) electrons. The van der Waals surface area contributed by atoms with E-state index in [1.165, 1.54) is 22.1 Å². The molecule has 2 aromatic rings. The highest BCUT2D eigenvalue weighted by Gasteiger charge is 2.21. The highest BCUT2D eigenvalue weighted by Crippen LogP contribution is 2.26. The largest absolute Gasteiger partial charge is 0.304 e. The Morgan fingerprint density at radius 2 is 2.21 bits per heavy atom. The van der Waals surface area contributed by atoms with Crippen LogP contribution in [0.2, 0.25) is 0 Å². The van der Waals surface area contributed by atoms with Crippen molar-refractivity contribution in [1.82, 2.24) is 24.7 Å². The van der Waals surface area contributed by atoms with Gasteiger partial charge in [0, 0.05) is 12.7 Å². The summed E-state index contributed by atoms with van der Waals surface area (Å²) in [6.45, 7) is 8.27. The third kappa shape index (κ3) is 3.19. The van der Waals surface area contributed by atoms with Crippen LogP contribution in [0.5, 0.6) is 0 Å². The van der Waals surface area contributed by atoms with Crippen LogP contribution in [0, 0.1) is 6.92 Å². The van der Waals surface area contributed by atoms with Gasteiger partial charge in [0.25, 0.3) is 0 Å². The fourth-order valence-electron chi connectivity index (χ4n) is 2.11. The molecule has 0 aliphatic heterocycles. The zero-order valence-corrected chi connectivity index (χ0v) is 12.6. The number of aryl methyl sites for hydroxylation is 2. The fourth-order valence-corrected chi connectivity index (χ4v) is 2.84. The molecule has 2 heterocycles. The molecule has 0 aromatic carbocycles. The molecule has 0 amide bonds. The van der Waals surface area contributed by atoms with Crippen molar-refractivity contribution in [1.29, 1.82) is 0 Å². The Hall–Kier alpha value is -1.27. The van der Waals surface area contributed by atoms with Crippen LogP contribution in [0.25, 0.3) is 0 Å². The molecule has 0 bridgehead atoms. The van der Waals surface area contributed by atoms with Crippen LogP contribution in [0.15, 0.2) is 12.3 Å². The van der Waals surface area contributed by atoms with Crippen molar-refractivity contribution < 1.29 is 0 Å². The summed E-state index contributed by atoms with van der Waals surface area (Å²) in [5.74, 6) is 0. The van der Waals surface area contributed by atoms with Crippen LogP contribution in [-0.2, 0) is 6.54 Å². The molecule has 0 aliphatic rings. The lowest BCUT2D eigenvalue weighted by Crippen LogP contribution is -2.25. The van der Waals surface area contributed by atoms with Crippen LogP contribution < -0.4 is 5.32 Å². The van der Waals surface area contributed by atoms with Gasteiger partial charge >= 0.3 is 0 Å². The average molecular weight is 279 g/mol. The van der Waals surface area contributed by atoms with E-state index in [1.54, 1.807) is 0 Å². The predicted molar refractivity (Wildman–Crippen MR) is 77.3 cm³/mol. The Kier molecular flexibility index (Phi) is 5.04. The Balaban J connectivity index is 2.31. The molecule has 2 rings (SSSR count). The van der Waals surface area contributed by atoms with E-state index in [0.29, 0.717) is 0 Å². The van der Waals surface area contributed by atoms with Crippen LogP contribution >= 0.6 is 11.5 Å². The second-order valence-electron chi connectivity index (χ2n) is 4.59. The molecule has 0 aliphatic carbocycles. The lowest BCUT2D eigenvalue weighted by Gasteiger charge is -2.18. The van der Waals surface area contributed by atoms with E-state index in [4.69, 9.17) is 0 Å². The van der Waals surface area contributed by atoms with Crippen molar-refractivity contribution in [2.24, 2.45) is 0 Å². The summed E-state index contributed by atoms with van der Waals surface area (Å²) in [5, 5.41) is 12.1. The predicted octanol–water partition coefficient (Wildman–Crippen LogP) is 2.54. The summed E-state index contributed by atoms with van der Waals surface area (Å²) in [7, 11) is 0. The third-order valence-corrected chi connectivity index (χ3v) is 3.92. The van der Waals surface area contributed by atoms with Crippen molar-refractivity contribution in [3.63, 3.8) is 0 Å². The van der Waals surface area contributed by atoms with E-state index in [0.717, 1.165) is 31.6 Å². The van der Waals surface area contributed by atoms with Crippen molar-refractivity contribution in [2.45, 2.75) is 46.2 Å². The number of aromatic nitrogens is 4. The summed E-state index contributed by atoms with van der Waals surface area (Å²) in [6.07, 6.45) is 4.05. The fraction of sp³-hybridized carbons (Fsp3) is 0.615. The molecule has 1 atom stereocenters. The molecule has 6 heteroatoms. The topological polar surface area (TPSA) is 55.6 Å². The molecule has 5 nitrogen and oxygen atoms in total. The Morgan fingerprint density at radius 3 is 2.84 bits per heavy atom. The Morgan fingerprint density at radius 1 is 1.37 bits per heavy atom. The van der Waals surface area contributed by atoms with Crippen molar-refractivity contribution in [3.05, 3.63) is 28.5 Å². The number of nitrogens with one attached hydrogen (secondary N) is 1. The van der Waals surface area contributed by atoms with Gasteiger partial charge in [0.1, 0.15) is 0 Å². The van der Waals surface area contributed by atoms with Crippen LogP contribution in [0.4, 0.5) is 0 Å². The minimum atomic E-state index is 0.147. The highest BCUT2D eigenvalue weighted by molar-refractivity contribution is 7.05. The molecule has 1 unspecified atom stereocenters. The molecular weight excluding hydrogens is 258 g/mol. The number of hydrogen-bond acceptors (Lipinski definition) is 5. The van der Waals surface area contributed by atoms with E-state index < -0.39 is 0 Å². The van der Waals surface area contributed by atoms with Gasteiger partial charge in [-0.1, -0.05) is 18.3 Å². The Labute approximate surface area is 118 Å². The first-order valence-electron chi connectivity index (χ1n) is 6.81. The molecule has 0 saturated carbocycles. The first kappa shape index (κ1) is 14.1. The van der Waals surface area contributed by atoms with Gasteiger partial charge in [-0.05, 0) is 43.9 Å². The van der Waals surface area contributed by atoms with Gasteiger partial charge in [-0.2, -0.15) is 5.10 Å². The van der Waals surface area contributed by atoms with Crippen molar-refractivity contribution in [2.75, 3.05) is 6.54 Å².